The average Bonchev–Trinajstić information content (AvgIpc) is 2.95. The third-order valence-corrected chi connectivity index (χ3v) is 5.75. The highest BCUT2D eigenvalue weighted by molar-refractivity contribution is 7.89. The van der Waals surface area contributed by atoms with E-state index in [1.807, 2.05) is 13.0 Å². The smallest absolute Gasteiger partial charge is 0.243 e. The summed E-state index contributed by atoms with van der Waals surface area (Å²) in [5.41, 5.74) is 1.01. The summed E-state index contributed by atoms with van der Waals surface area (Å²) in [6.07, 6.45) is 3.62. The molecule has 5 nitrogen and oxygen atoms in total. The lowest BCUT2D eigenvalue weighted by Crippen LogP contribution is -2.39. The van der Waals surface area contributed by atoms with E-state index in [-0.39, 0.29) is 5.92 Å². The van der Waals surface area contributed by atoms with Crippen LogP contribution >= 0.6 is 0 Å². The van der Waals surface area contributed by atoms with Crippen LogP contribution in [0.25, 0.3) is 0 Å². The van der Waals surface area contributed by atoms with Gasteiger partial charge in [-0.3, -0.25) is 0 Å². The summed E-state index contributed by atoms with van der Waals surface area (Å²) in [4.78, 5) is 7.94. The van der Waals surface area contributed by atoms with Crippen molar-refractivity contribution in [1.82, 2.24) is 14.3 Å². The van der Waals surface area contributed by atoms with Gasteiger partial charge in [0.25, 0.3) is 0 Å². The van der Waals surface area contributed by atoms with E-state index < -0.39 is 10.0 Å². The van der Waals surface area contributed by atoms with Crippen molar-refractivity contribution >= 4 is 10.0 Å². The van der Waals surface area contributed by atoms with Crippen molar-refractivity contribution in [2.24, 2.45) is 0 Å². The first kappa shape index (κ1) is 14.3. The third kappa shape index (κ3) is 2.87. The van der Waals surface area contributed by atoms with Gasteiger partial charge in [0.15, 0.2) is 0 Å². The number of aromatic nitrogens is 2. The molecule has 2 aromatic rings. The fourth-order valence-electron chi connectivity index (χ4n) is 2.77. The van der Waals surface area contributed by atoms with E-state index in [0.717, 1.165) is 24.4 Å². The number of piperidine rings is 1. The summed E-state index contributed by atoms with van der Waals surface area (Å²) >= 11 is 0. The number of rotatable bonds is 3. The van der Waals surface area contributed by atoms with Crippen molar-refractivity contribution in [3.8, 4) is 0 Å². The minimum Gasteiger partial charge on any atom is -0.346 e. The standard InChI is InChI=1S/C15H19N3O2S/c1-12-10-16-15(17-12)13-6-5-9-18(11-13)21(19,20)14-7-3-2-4-8-14/h2-4,7-8,10,13H,5-6,9,11H2,1H3,(H,16,17)/t13-/m0/s1. The fraction of sp³-hybridized carbons (Fsp3) is 0.400. The van der Waals surface area contributed by atoms with Crippen molar-refractivity contribution in [3.05, 3.63) is 48.0 Å². The highest BCUT2D eigenvalue weighted by Gasteiger charge is 2.31. The second-order valence-corrected chi connectivity index (χ2v) is 7.40. The number of H-pyrrole nitrogens is 1. The molecule has 1 saturated heterocycles. The van der Waals surface area contributed by atoms with Crippen molar-refractivity contribution in [3.63, 3.8) is 0 Å². The van der Waals surface area contributed by atoms with E-state index in [9.17, 15) is 8.42 Å². The Morgan fingerprint density at radius 3 is 2.71 bits per heavy atom. The van der Waals surface area contributed by atoms with Crippen LogP contribution in [0.4, 0.5) is 0 Å². The summed E-state index contributed by atoms with van der Waals surface area (Å²) in [6.45, 7) is 3.02. The maximum Gasteiger partial charge on any atom is 0.243 e. The summed E-state index contributed by atoms with van der Waals surface area (Å²) < 4.78 is 26.9. The number of hydrogen-bond donors (Lipinski definition) is 1. The van der Waals surface area contributed by atoms with Gasteiger partial charge in [0.05, 0.1) is 4.90 Å². The molecule has 3 rings (SSSR count). The number of aryl methyl sites for hydroxylation is 1. The first-order valence-electron chi connectivity index (χ1n) is 7.14. The van der Waals surface area contributed by atoms with Crippen molar-refractivity contribution < 1.29 is 8.42 Å². The zero-order valence-corrected chi connectivity index (χ0v) is 12.8. The fourth-order valence-corrected chi connectivity index (χ4v) is 4.31. The number of benzene rings is 1. The van der Waals surface area contributed by atoms with E-state index in [2.05, 4.69) is 9.97 Å². The molecular weight excluding hydrogens is 286 g/mol. The van der Waals surface area contributed by atoms with Crippen LogP contribution in [0.1, 0.15) is 30.3 Å². The lowest BCUT2D eigenvalue weighted by molar-refractivity contribution is 0.310. The Bertz CT molecular complexity index is 710. The molecule has 1 N–H and O–H groups in total. The minimum atomic E-state index is -3.40. The molecule has 2 heterocycles. The lowest BCUT2D eigenvalue weighted by Gasteiger charge is -2.31. The molecular formula is C15H19N3O2S. The molecule has 1 fully saturated rings. The Morgan fingerprint density at radius 2 is 2.05 bits per heavy atom. The molecule has 0 saturated carbocycles. The summed E-state index contributed by atoms with van der Waals surface area (Å²) in [5.74, 6) is 1.03. The highest BCUT2D eigenvalue weighted by Crippen LogP contribution is 2.28. The zero-order valence-electron chi connectivity index (χ0n) is 12.0. The van der Waals surface area contributed by atoms with Gasteiger partial charge in [-0.2, -0.15) is 4.31 Å². The number of nitrogens with one attached hydrogen (secondary N) is 1. The van der Waals surface area contributed by atoms with Crippen LogP contribution < -0.4 is 0 Å². The van der Waals surface area contributed by atoms with Gasteiger partial charge >= 0.3 is 0 Å². The van der Waals surface area contributed by atoms with Crippen molar-refractivity contribution in [2.45, 2.75) is 30.6 Å². The highest BCUT2D eigenvalue weighted by atomic mass is 32.2. The van der Waals surface area contributed by atoms with Crippen LogP contribution in [0.2, 0.25) is 0 Å². The SMILES string of the molecule is Cc1cnc([C@H]2CCCN(S(=O)(=O)c3ccccc3)C2)[nH]1. The van der Waals surface area contributed by atoms with E-state index in [0.29, 0.717) is 18.0 Å². The molecule has 0 unspecified atom stereocenters. The van der Waals surface area contributed by atoms with Crippen LogP contribution in [0, 0.1) is 6.92 Å². The molecule has 0 bridgehead atoms. The molecule has 21 heavy (non-hydrogen) atoms. The Labute approximate surface area is 125 Å². The van der Waals surface area contributed by atoms with Crippen LogP contribution in [0.3, 0.4) is 0 Å². The lowest BCUT2D eigenvalue weighted by atomic mass is 9.99. The maximum atomic E-state index is 12.7. The monoisotopic (exact) mass is 305 g/mol. The number of aromatic amines is 1. The first-order valence-corrected chi connectivity index (χ1v) is 8.58. The van der Waals surface area contributed by atoms with E-state index in [4.69, 9.17) is 0 Å². The molecule has 6 heteroatoms. The van der Waals surface area contributed by atoms with Crippen LogP contribution in [-0.2, 0) is 10.0 Å². The van der Waals surface area contributed by atoms with Crippen LogP contribution in [0.15, 0.2) is 41.4 Å². The molecule has 0 spiro atoms. The normalized spacial score (nSPS) is 20.5. The summed E-state index contributed by atoms with van der Waals surface area (Å²) in [7, 11) is -3.40. The first-order chi connectivity index (χ1) is 10.1. The van der Waals surface area contributed by atoms with E-state index in [1.54, 1.807) is 34.8 Å². The summed E-state index contributed by atoms with van der Waals surface area (Å²) in [6, 6.07) is 8.63. The number of imidazole rings is 1. The maximum absolute atomic E-state index is 12.7. The third-order valence-electron chi connectivity index (χ3n) is 3.87. The van der Waals surface area contributed by atoms with E-state index >= 15 is 0 Å². The van der Waals surface area contributed by atoms with Crippen LogP contribution in [-0.4, -0.2) is 35.8 Å². The number of sulfonamides is 1. The quantitative estimate of drug-likeness (QED) is 0.946. The van der Waals surface area contributed by atoms with Gasteiger partial charge in [-0.1, -0.05) is 18.2 Å². The van der Waals surface area contributed by atoms with Gasteiger partial charge in [-0.05, 0) is 31.9 Å². The summed E-state index contributed by atoms with van der Waals surface area (Å²) in [5, 5.41) is 0. The van der Waals surface area contributed by atoms with Crippen molar-refractivity contribution in [1.29, 1.82) is 0 Å². The topological polar surface area (TPSA) is 66.1 Å². The molecule has 112 valence electrons. The molecule has 0 aliphatic carbocycles. The molecule has 0 amide bonds. The molecule has 1 atom stereocenters. The van der Waals surface area contributed by atoms with Crippen LogP contribution in [0.5, 0.6) is 0 Å². The number of nitrogens with zero attached hydrogens (tertiary/aromatic N) is 2. The van der Waals surface area contributed by atoms with Gasteiger partial charge < -0.3 is 4.98 Å². The zero-order chi connectivity index (χ0) is 14.9. The van der Waals surface area contributed by atoms with Gasteiger partial charge in [0.1, 0.15) is 5.82 Å². The second kappa shape index (κ2) is 5.61. The molecule has 1 aromatic heterocycles. The Kier molecular flexibility index (Phi) is 3.82. The number of hydrogen-bond acceptors (Lipinski definition) is 3. The average molecular weight is 305 g/mol. The van der Waals surface area contributed by atoms with Gasteiger partial charge in [-0.15, -0.1) is 0 Å². The van der Waals surface area contributed by atoms with Gasteiger partial charge in [0.2, 0.25) is 10.0 Å². The predicted octanol–water partition coefficient (Wildman–Crippen LogP) is 2.29. The largest absolute Gasteiger partial charge is 0.346 e. The molecule has 0 radical (unpaired) electrons. The Morgan fingerprint density at radius 1 is 1.29 bits per heavy atom. The van der Waals surface area contributed by atoms with Crippen molar-refractivity contribution in [2.75, 3.05) is 13.1 Å². The molecule has 1 aromatic carbocycles. The molecule has 1 aliphatic rings. The Balaban J connectivity index is 1.83. The Hall–Kier alpha value is -1.66. The molecule has 1 aliphatic heterocycles. The van der Waals surface area contributed by atoms with Gasteiger partial charge in [-0.25, -0.2) is 13.4 Å². The predicted molar refractivity (Wildman–Crippen MR) is 80.5 cm³/mol. The van der Waals surface area contributed by atoms with Gasteiger partial charge in [0, 0.05) is 30.9 Å². The second-order valence-electron chi connectivity index (χ2n) is 5.47. The minimum absolute atomic E-state index is 0.144. The van der Waals surface area contributed by atoms with E-state index in [1.165, 1.54) is 0 Å².